The van der Waals surface area contributed by atoms with Gasteiger partial charge >= 0.3 is 0 Å². The van der Waals surface area contributed by atoms with Crippen LogP contribution in [0.4, 0.5) is 0 Å². The van der Waals surface area contributed by atoms with Gasteiger partial charge in [0.15, 0.2) is 0 Å². The predicted octanol–water partition coefficient (Wildman–Crippen LogP) is 2.52. The molecule has 12 heavy (non-hydrogen) atoms. The fourth-order valence-corrected chi connectivity index (χ4v) is 0.810. The van der Waals surface area contributed by atoms with E-state index in [1.165, 1.54) is 0 Å². The number of fused-ring (bicyclic) bond motifs is 1. The lowest BCUT2D eigenvalue weighted by Crippen LogP contribution is -1.61. The summed E-state index contributed by atoms with van der Waals surface area (Å²) in [5.41, 5.74) is 0.914. The molecule has 0 spiro atoms. The van der Waals surface area contributed by atoms with E-state index in [0.29, 0.717) is 0 Å². The van der Waals surface area contributed by atoms with Crippen LogP contribution in [0.2, 0.25) is 0 Å². The average Bonchev–Trinajstić information content (AvgIpc) is 2.52. The third-order valence-corrected chi connectivity index (χ3v) is 1.27. The van der Waals surface area contributed by atoms with E-state index in [0.717, 1.165) is 17.2 Å². The number of aromatic nitrogens is 1. The summed E-state index contributed by atoms with van der Waals surface area (Å²) in [5.74, 6) is 0. The zero-order valence-electron chi connectivity index (χ0n) is 6.47. The molecule has 62 valence electrons. The molecule has 3 nitrogen and oxygen atoms in total. The first-order valence-electron chi connectivity index (χ1n) is 3.42. The molecule has 0 amide bonds. The van der Waals surface area contributed by atoms with Crippen LogP contribution in [0, 0.1) is 0 Å². The number of hydrogen-bond donors (Lipinski definition) is 1. The van der Waals surface area contributed by atoms with E-state index >= 15 is 0 Å². The van der Waals surface area contributed by atoms with Crippen molar-refractivity contribution in [3.05, 3.63) is 43.4 Å². The Morgan fingerprint density at radius 3 is 2.75 bits per heavy atom. The van der Waals surface area contributed by atoms with Crippen LogP contribution in [0.25, 0.3) is 10.9 Å². The molecule has 0 fully saturated rings. The van der Waals surface area contributed by atoms with E-state index in [-0.39, 0.29) is 0 Å². The van der Waals surface area contributed by atoms with Crippen molar-refractivity contribution < 1.29 is 9.63 Å². The van der Waals surface area contributed by atoms with Crippen molar-refractivity contribution in [3.63, 3.8) is 0 Å². The third kappa shape index (κ3) is 1.85. The molecule has 3 heteroatoms. The standard InChI is InChI=1S/C7H5NO.C2H4O/c1-2-4-7-6(3-1)5-9-8-7;1-2-3/h1-5H;2-3H,1H2. The maximum atomic E-state index is 7.33. The van der Waals surface area contributed by atoms with E-state index in [2.05, 4.69) is 11.7 Å². The fourth-order valence-electron chi connectivity index (χ4n) is 0.810. The Morgan fingerprint density at radius 2 is 2.08 bits per heavy atom. The van der Waals surface area contributed by atoms with Crippen LogP contribution in [0.5, 0.6) is 0 Å². The van der Waals surface area contributed by atoms with E-state index in [1.807, 2.05) is 24.3 Å². The Kier molecular flexibility index (Phi) is 2.90. The molecule has 1 N–H and O–H groups in total. The number of rotatable bonds is 0. The van der Waals surface area contributed by atoms with Gasteiger partial charge < -0.3 is 9.63 Å². The van der Waals surface area contributed by atoms with Crippen LogP contribution >= 0.6 is 0 Å². The van der Waals surface area contributed by atoms with E-state index < -0.39 is 0 Å². The molecule has 0 radical (unpaired) electrons. The number of hydrogen-bond acceptors (Lipinski definition) is 3. The number of aliphatic hydroxyl groups excluding tert-OH is 1. The van der Waals surface area contributed by atoms with Gasteiger partial charge in [-0.15, -0.1) is 0 Å². The van der Waals surface area contributed by atoms with Gasteiger partial charge in [-0.3, -0.25) is 0 Å². The molecule has 0 aliphatic carbocycles. The molecule has 0 saturated heterocycles. The van der Waals surface area contributed by atoms with Gasteiger partial charge in [0.25, 0.3) is 0 Å². The second kappa shape index (κ2) is 4.18. The van der Waals surface area contributed by atoms with Crippen LogP contribution in [-0.2, 0) is 0 Å². The smallest absolute Gasteiger partial charge is 0.131 e. The molecule has 1 heterocycles. The number of benzene rings is 1. The Bertz CT molecular complexity index is 324. The van der Waals surface area contributed by atoms with Crippen molar-refractivity contribution in [1.82, 2.24) is 5.16 Å². The quantitative estimate of drug-likeness (QED) is 0.607. The largest absolute Gasteiger partial charge is 0.516 e. The Hall–Kier alpha value is -1.77. The van der Waals surface area contributed by atoms with Gasteiger partial charge in [-0.25, -0.2) is 0 Å². The van der Waals surface area contributed by atoms with E-state index in [9.17, 15) is 0 Å². The zero-order valence-corrected chi connectivity index (χ0v) is 6.47. The molecule has 2 rings (SSSR count). The average molecular weight is 163 g/mol. The Balaban J connectivity index is 0.000000213. The maximum Gasteiger partial charge on any atom is 0.131 e. The van der Waals surface area contributed by atoms with Gasteiger partial charge in [-0.05, 0) is 12.1 Å². The predicted molar refractivity (Wildman–Crippen MR) is 46.8 cm³/mol. The normalized spacial score (nSPS) is 8.67. The maximum absolute atomic E-state index is 7.33. The molecule has 1 aromatic carbocycles. The fraction of sp³-hybridized carbons (Fsp3) is 0. The molecular weight excluding hydrogens is 154 g/mol. The molecule has 0 unspecified atom stereocenters. The minimum atomic E-state index is 0.750. The van der Waals surface area contributed by atoms with Gasteiger partial charge in [0.05, 0.1) is 6.26 Å². The minimum Gasteiger partial charge on any atom is -0.516 e. The van der Waals surface area contributed by atoms with Gasteiger partial charge in [0.2, 0.25) is 0 Å². The van der Waals surface area contributed by atoms with E-state index in [1.54, 1.807) is 6.26 Å². The molecule has 0 aliphatic rings. The first-order valence-corrected chi connectivity index (χ1v) is 3.42. The highest BCUT2D eigenvalue weighted by molar-refractivity contribution is 5.76. The van der Waals surface area contributed by atoms with Gasteiger partial charge in [-0.1, -0.05) is 23.9 Å². The summed E-state index contributed by atoms with van der Waals surface area (Å²) >= 11 is 0. The molecule has 0 atom stereocenters. The van der Waals surface area contributed by atoms with Crippen molar-refractivity contribution in [1.29, 1.82) is 0 Å². The minimum absolute atomic E-state index is 0.750. The van der Waals surface area contributed by atoms with Crippen molar-refractivity contribution in [3.8, 4) is 0 Å². The van der Waals surface area contributed by atoms with Crippen LogP contribution in [0.3, 0.4) is 0 Å². The van der Waals surface area contributed by atoms with Crippen molar-refractivity contribution in [2.45, 2.75) is 0 Å². The van der Waals surface area contributed by atoms with Crippen molar-refractivity contribution >= 4 is 10.9 Å². The topological polar surface area (TPSA) is 46.3 Å². The summed E-state index contributed by atoms with van der Waals surface area (Å²) in [6.45, 7) is 2.92. The molecule has 0 aliphatic heterocycles. The molecule has 2 aromatic rings. The number of nitrogens with zero attached hydrogens (tertiary/aromatic N) is 1. The molecule has 0 saturated carbocycles. The summed E-state index contributed by atoms with van der Waals surface area (Å²) in [6.07, 6.45) is 2.38. The highest BCUT2D eigenvalue weighted by atomic mass is 16.5. The lowest BCUT2D eigenvalue weighted by atomic mass is 10.3. The van der Waals surface area contributed by atoms with Gasteiger partial charge in [0, 0.05) is 5.39 Å². The van der Waals surface area contributed by atoms with Crippen LogP contribution in [-0.4, -0.2) is 10.3 Å². The lowest BCUT2D eigenvalue weighted by Gasteiger charge is -1.78. The second-order valence-corrected chi connectivity index (χ2v) is 2.06. The zero-order chi connectivity index (χ0) is 8.81. The summed E-state index contributed by atoms with van der Waals surface area (Å²) < 4.78 is 4.71. The summed E-state index contributed by atoms with van der Waals surface area (Å²) in [5, 5.41) is 12.1. The summed E-state index contributed by atoms with van der Waals surface area (Å²) in [6, 6.07) is 7.77. The van der Waals surface area contributed by atoms with E-state index in [4.69, 9.17) is 9.63 Å². The molecular formula is C9H9NO2. The summed E-state index contributed by atoms with van der Waals surface area (Å²) in [4.78, 5) is 0. The SMILES string of the molecule is C=CO.c1ccc2nocc2c1. The first-order chi connectivity index (χ1) is 5.88. The van der Waals surface area contributed by atoms with Gasteiger partial charge in [-0.2, -0.15) is 0 Å². The van der Waals surface area contributed by atoms with Crippen LogP contribution in [0.1, 0.15) is 0 Å². The van der Waals surface area contributed by atoms with Crippen LogP contribution in [0.15, 0.2) is 47.9 Å². The van der Waals surface area contributed by atoms with Crippen LogP contribution < -0.4 is 0 Å². The van der Waals surface area contributed by atoms with Crippen molar-refractivity contribution in [2.75, 3.05) is 0 Å². The molecule has 1 aromatic heterocycles. The first kappa shape index (κ1) is 8.33. The van der Waals surface area contributed by atoms with Crippen molar-refractivity contribution in [2.24, 2.45) is 0 Å². The molecule has 0 bridgehead atoms. The highest BCUT2D eigenvalue weighted by Crippen LogP contribution is 2.09. The Morgan fingerprint density at radius 1 is 1.42 bits per heavy atom. The Labute approximate surface area is 69.9 Å². The van der Waals surface area contributed by atoms with Gasteiger partial charge in [0.1, 0.15) is 11.8 Å². The number of aliphatic hydroxyl groups is 1. The third-order valence-electron chi connectivity index (χ3n) is 1.27. The second-order valence-electron chi connectivity index (χ2n) is 2.06. The summed E-state index contributed by atoms with van der Waals surface area (Å²) in [7, 11) is 0. The lowest BCUT2D eigenvalue weighted by molar-refractivity contribution is 0.428. The highest BCUT2D eigenvalue weighted by Gasteiger charge is 1.91. The monoisotopic (exact) mass is 163 g/mol.